The van der Waals surface area contributed by atoms with Crippen LogP contribution in [-0.2, 0) is 0 Å². The number of carbonyl (C=O) groups is 1. The lowest BCUT2D eigenvalue weighted by Gasteiger charge is -2.47. The molecule has 0 amide bonds. The lowest BCUT2D eigenvalue weighted by molar-refractivity contribution is 0.112. The normalized spacial score (nSPS) is 29.1. The molecule has 2 unspecified atom stereocenters. The molecule has 5 heteroatoms. The van der Waals surface area contributed by atoms with Crippen LogP contribution >= 0.6 is 11.3 Å². The van der Waals surface area contributed by atoms with E-state index in [9.17, 15) is 4.79 Å². The summed E-state index contributed by atoms with van der Waals surface area (Å²) in [6, 6.07) is 1.17. The molecule has 0 saturated carbocycles. The summed E-state index contributed by atoms with van der Waals surface area (Å²) in [6.07, 6.45) is 6.57. The first-order chi connectivity index (χ1) is 8.78. The molecule has 0 radical (unpaired) electrons. The van der Waals surface area contributed by atoms with Crippen LogP contribution in [0.25, 0.3) is 0 Å². The van der Waals surface area contributed by atoms with Gasteiger partial charge in [-0.1, -0.05) is 17.8 Å². The zero-order valence-corrected chi connectivity index (χ0v) is 11.5. The summed E-state index contributed by atoms with van der Waals surface area (Å²) >= 11 is 1.51. The number of hydrogen-bond donors (Lipinski definition) is 0. The van der Waals surface area contributed by atoms with Crippen LogP contribution in [0.4, 0.5) is 5.13 Å². The van der Waals surface area contributed by atoms with Crippen molar-refractivity contribution in [3.63, 3.8) is 0 Å². The number of thiazole rings is 1. The van der Waals surface area contributed by atoms with Crippen molar-refractivity contribution < 1.29 is 4.79 Å². The Kier molecular flexibility index (Phi) is 3.35. The van der Waals surface area contributed by atoms with Crippen molar-refractivity contribution >= 4 is 22.8 Å². The fourth-order valence-corrected chi connectivity index (χ4v) is 3.92. The zero-order chi connectivity index (χ0) is 12.5. The molecule has 0 aliphatic carbocycles. The Morgan fingerprint density at radius 3 is 3.11 bits per heavy atom. The van der Waals surface area contributed by atoms with Crippen molar-refractivity contribution in [2.75, 3.05) is 24.5 Å². The summed E-state index contributed by atoms with van der Waals surface area (Å²) in [5.41, 5.74) is 0. The molecule has 2 aliphatic heterocycles. The second-order valence-electron chi connectivity index (χ2n) is 5.31. The van der Waals surface area contributed by atoms with E-state index in [1.807, 2.05) is 0 Å². The van der Waals surface area contributed by atoms with E-state index in [2.05, 4.69) is 21.7 Å². The summed E-state index contributed by atoms with van der Waals surface area (Å²) in [4.78, 5) is 20.9. The molecule has 1 aromatic heterocycles. The largest absolute Gasteiger partial charge is 0.343 e. The van der Waals surface area contributed by atoms with Gasteiger partial charge in [-0.05, 0) is 26.3 Å². The maximum Gasteiger partial charge on any atom is 0.186 e. The van der Waals surface area contributed by atoms with Gasteiger partial charge in [-0.3, -0.25) is 9.69 Å². The topological polar surface area (TPSA) is 36.4 Å². The van der Waals surface area contributed by atoms with Crippen molar-refractivity contribution in [3.05, 3.63) is 11.1 Å². The highest BCUT2D eigenvalue weighted by Gasteiger charge is 2.33. The molecule has 2 saturated heterocycles. The van der Waals surface area contributed by atoms with Crippen molar-refractivity contribution in [1.29, 1.82) is 0 Å². The quantitative estimate of drug-likeness (QED) is 0.767. The number of rotatable bonds is 2. The van der Waals surface area contributed by atoms with Crippen molar-refractivity contribution in [3.8, 4) is 0 Å². The molecule has 98 valence electrons. The fourth-order valence-electron chi connectivity index (χ4n) is 3.08. The molecular weight excluding hydrogens is 246 g/mol. The van der Waals surface area contributed by atoms with E-state index in [4.69, 9.17) is 0 Å². The van der Waals surface area contributed by atoms with Crippen molar-refractivity contribution in [2.24, 2.45) is 0 Å². The van der Waals surface area contributed by atoms with E-state index >= 15 is 0 Å². The van der Waals surface area contributed by atoms with Crippen LogP contribution in [0, 0.1) is 0 Å². The number of fused-ring (bicyclic) bond motifs is 1. The monoisotopic (exact) mass is 265 g/mol. The van der Waals surface area contributed by atoms with Gasteiger partial charge in [0.15, 0.2) is 11.4 Å². The Morgan fingerprint density at radius 2 is 2.33 bits per heavy atom. The third-order valence-electron chi connectivity index (χ3n) is 4.06. The standard InChI is InChI=1S/C13H19N3OS/c1-10-7-15-5-3-2-4-11(15)8-16(10)13-14-6-12(9-17)18-13/h6,9-11H,2-5,7-8H2,1H3. The van der Waals surface area contributed by atoms with Gasteiger partial charge in [-0.25, -0.2) is 4.98 Å². The van der Waals surface area contributed by atoms with Gasteiger partial charge in [0.05, 0.1) is 11.1 Å². The van der Waals surface area contributed by atoms with Gasteiger partial charge >= 0.3 is 0 Å². The molecule has 18 heavy (non-hydrogen) atoms. The minimum Gasteiger partial charge on any atom is -0.343 e. The Hall–Kier alpha value is -0.940. The first-order valence-electron chi connectivity index (χ1n) is 6.69. The van der Waals surface area contributed by atoms with Gasteiger partial charge in [-0.2, -0.15) is 0 Å². The maximum absolute atomic E-state index is 10.8. The maximum atomic E-state index is 10.8. The molecule has 1 aromatic rings. The van der Waals surface area contributed by atoms with Crippen LogP contribution in [-0.4, -0.2) is 47.9 Å². The Bertz CT molecular complexity index is 434. The SMILES string of the molecule is CC1CN2CCCCC2CN1c1ncc(C=O)s1. The summed E-state index contributed by atoms with van der Waals surface area (Å²) in [5.74, 6) is 0. The number of piperidine rings is 1. The summed E-state index contributed by atoms with van der Waals surface area (Å²) < 4.78 is 0. The number of nitrogens with zero attached hydrogens (tertiary/aromatic N) is 3. The first-order valence-corrected chi connectivity index (χ1v) is 7.51. The second kappa shape index (κ2) is 4.97. The van der Waals surface area contributed by atoms with Crippen LogP contribution in [0.5, 0.6) is 0 Å². The van der Waals surface area contributed by atoms with Crippen LogP contribution < -0.4 is 4.90 Å². The lowest BCUT2D eigenvalue weighted by Crippen LogP contribution is -2.58. The van der Waals surface area contributed by atoms with Gasteiger partial charge < -0.3 is 4.90 Å². The van der Waals surface area contributed by atoms with Gasteiger partial charge in [0, 0.05) is 25.2 Å². The molecule has 3 heterocycles. The number of piperazine rings is 1. The lowest BCUT2D eigenvalue weighted by atomic mass is 9.97. The van der Waals surface area contributed by atoms with Crippen LogP contribution in [0.15, 0.2) is 6.20 Å². The number of aromatic nitrogens is 1. The smallest absolute Gasteiger partial charge is 0.186 e. The summed E-state index contributed by atoms with van der Waals surface area (Å²) in [7, 11) is 0. The van der Waals surface area contributed by atoms with Crippen LogP contribution in [0.2, 0.25) is 0 Å². The van der Waals surface area contributed by atoms with E-state index in [-0.39, 0.29) is 0 Å². The molecule has 0 spiro atoms. The van der Waals surface area contributed by atoms with E-state index in [0.29, 0.717) is 12.1 Å². The third kappa shape index (κ3) is 2.17. The van der Waals surface area contributed by atoms with Gasteiger partial charge in [0.25, 0.3) is 0 Å². The first kappa shape index (κ1) is 12.1. The molecule has 0 bridgehead atoms. The number of carbonyl (C=O) groups excluding carboxylic acids is 1. The molecule has 4 nitrogen and oxygen atoms in total. The Labute approximate surface area is 112 Å². The van der Waals surface area contributed by atoms with Crippen molar-refractivity contribution in [1.82, 2.24) is 9.88 Å². The number of anilines is 1. The average Bonchev–Trinajstić information content (AvgIpc) is 2.86. The molecule has 3 rings (SSSR count). The summed E-state index contributed by atoms with van der Waals surface area (Å²) in [5, 5.41) is 1.01. The third-order valence-corrected chi connectivity index (χ3v) is 5.02. The van der Waals surface area contributed by atoms with Crippen LogP contribution in [0.1, 0.15) is 35.9 Å². The predicted octanol–water partition coefficient (Wildman–Crippen LogP) is 2.02. The Morgan fingerprint density at radius 1 is 1.44 bits per heavy atom. The minimum absolute atomic E-state index is 0.491. The van der Waals surface area contributed by atoms with E-state index in [1.165, 1.54) is 37.1 Å². The van der Waals surface area contributed by atoms with Crippen molar-refractivity contribution in [2.45, 2.75) is 38.3 Å². The highest BCUT2D eigenvalue weighted by Crippen LogP contribution is 2.30. The molecule has 2 aliphatic rings. The highest BCUT2D eigenvalue weighted by molar-refractivity contribution is 7.17. The molecule has 2 fully saturated rings. The zero-order valence-electron chi connectivity index (χ0n) is 10.7. The van der Waals surface area contributed by atoms with Gasteiger partial charge in [0.2, 0.25) is 0 Å². The fraction of sp³-hybridized carbons (Fsp3) is 0.692. The van der Waals surface area contributed by atoms with Gasteiger partial charge in [-0.15, -0.1) is 0 Å². The molecular formula is C13H19N3OS. The summed E-state index contributed by atoms with van der Waals surface area (Å²) in [6.45, 7) is 5.70. The molecule has 0 aromatic carbocycles. The van der Waals surface area contributed by atoms with E-state index in [1.54, 1.807) is 6.20 Å². The number of hydrogen-bond acceptors (Lipinski definition) is 5. The van der Waals surface area contributed by atoms with Crippen LogP contribution in [0.3, 0.4) is 0 Å². The Balaban J connectivity index is 1.77. The molecule has 0 N–H and O–H groups in total. The number of aldehydes is 1. The molecule has 2 atom stereocenters. The average molecular weight is 265 g/mol. The predicted molar refractivity (Wildman–Crippen MR) is 73.5 cm³/mol. The minimum atomic E-state index is 0.491. The van der Waals surface area contributed by atoms with E-state index < -0.39 is 0 Å². The highest BCUT2D eigenvalue weighted by atomic mass is 32.1. The van der Waals surface area contributed by atoms with Gasteiger partial charge in [0.1, 0.15) is 0 Å². The second-order valence-corrected chi connectivity index (χ2v) is 6.35. The van der Waals surface area contributed by atoms with E-state index in [0.717, 1.165) is 29.4 Å².